The molecule has 0 saturated heterocycles. The highest BCUT2D eigenvalue weighted by atomic mass is 79.9. The van der Waals surface area contributed by atoms with Crippen LogP contribution in [0.1, 0.15) is 92.4 Å². The van der Waals surface area contributed by atoms with Crippen LogP contribution in [0.4, 0.5) is 0 Å². The third kappa shape index (κ3) is 3.72. The maximum Gasteiger partial charge on any atom is 0.155 e. The van der Waals surface area contributed by atoms with Crippen molar-refractivity contribution in [3.05, 3.63) is 12.2 Å². The molecule has 3 saturated carbocycles. The van der Waals surface area contributed by atoms with Crippen LogP contribution >= 0.6 is 15.9 Å². The van der Waals surface area contributed by atoms with Crippen LogP contribution < -0.4 is 0 Å². The first-order chi connectivity index (χ1) is 13.7. The van der Waals surface area contributed by atoms with Crippen molar-refractivity contribution < 1.29 is 4.79 Å². The number of allylic oxidation sites excluding steroid dienone is 2. The lowest BCUT2D eigenvalue weighted by molar-refractivity contribution is -0.122. The number of carbonyl (C=O) groups excluding carboxylic acids is 1. The van der Waals surface area contributed by atoms with E-state index in [4.69, 9.17) is 0 Å². The van der Waals surface area contributed by atoms with Gasteiger partial charge in [0.05, 0.1) is 0 Å². The summed E-state index contributed by atoms with van der Waals surface area (Å²) in [5.74, 6) is 5.98. The zero-order valence-electron chi connectivity index (χ0n) is 19.4. The first kappa shape index (κ1) is 22.1. The van der Waals surface area contributed by atoms with E-state index in [1.807, 2.05) is 6.08 Å². The van der Waals surface area contributed by atoms with Crippen molar-refractivity contribution in [2.45, 2.75) is 97.2 Å². The summed E-state index contributed by atoms with van der Waals surface area (Å²) in [5.41, 5.74) is 0.760. The van der Waals surface area contributed by atoms with Crippen LogP contribution in [0.3, 0.4) is 0 Å². The van der Waals surface area contributed by atoms with Crippen LogP contribution in [0.25, 0.3) is 0 Å². The van der Waals surface area contributed by atoms with E-state index >= 15 is 0 Å². The Balaban J connectivity index is 1.52. The average molecular weight is 464 g/mol. The molecule has 164 valence electrons. The number of carbonyl (C=O) groups is 1. The molecular formula is C27H43BrO. The molecule has 4 aliphatic rings. The van der Waals surface area contributed by atoms with Gasteiger partial charge in [-0.25, -0.2) is 0 Å². The maximum absolute atomic E-state index is 12.1. The Labute approximate surface area is 188 Å². The fourth-order valence-corrected chi connectivity index (χ4v) is 9.84. The van der Waals surface area contributed by atoms with Gasteiger partial charge in [-0.15, -0.1) is 0 Å². The molecule has 1 unspecified atom stereocenters. The molecule has 2 heteroatoms. The van der Waals surface area contributed by atoms with Crippen LogP contribution in [0.15, 0.2) is 12.2 Å². The van der Waals surface area contributed by atoms with Gasteiger partial charge in [0.25, 0.3) is 0 Å². The first-order valence-electron chi connectivity index (χ1n) is 12.5. The topological polar surface area (TPSA) is 17.1 Å². The Morgan fingerprint density at radius 1 is 1.07 bits per heavy atom. The van der Waals surface area contributed by atoms with Crippen molar-refractivity contribution in [1.82, 2.24) is 0 Å². The molecule has 9 atom stereocenters. The molecule has 0 radical (unpaired) electrons. The fourth-order valence-electron chi connectivity index (χ4n) is 8.65. The van der Waals surface area contributed by atoms with Crippen LogP contribution in [0.2, 0.25) is 0 Å². The van der Waals surface area contributed by atoms with Crippen molar-refractivity contribution in [1.29, 1.82) is 0 Å². The summed E-state index contributed by atoms with van der Waals surface area (Å²) in [5, 5.41) is 0. The van der Waals surface area contributed by atoms with Crippen LogP contribution in [0, 0.1) is 52.3 Å². The molecule has 0 aromatic rings. The molecule has 0 heterocycles. The van der Waals surface area contributed by atoms with Crippen molar-refractivity contribution in [3.8, 4) is 0 Å². The number of ketones is 1. The zero-order valence-corrected chi connectivity index (χ0v) is 21.0. The molecule has 0 bridgehead atoms. The SMILES string of the molecule is CC(C)CCC[C@@H](C)[C@H]1CC[C@H]2[C@@H]3C[C@@H](Br)C4CC(=O)C=C[C@]4(C)[C@H]3CC[C@]12C. The standard InChI is InChI=1S/C27H43BrO/c1-17(2)7-6-8-18(3)21-9-10-22-20-16-25(28)24-15-19(29)11-13-27(24,5)23(20)12-14-26(21,22)4/h11,13,17-18,20-25H,6-10,12,14-16H2,1-5H3/t18-,20+,21-,22+,23+,24?,25-,26-,27-/m1/s1. The van der Waals surface area contributed by atoms with Gasteiger partial charge in [-0.2, -0.15) is 0 Å². The van der Waals surface area contributed by atoms with E-state index < -0.39 is 0 Å². The molecule has 1 nitrogen and oxygen atoms in total. The van der Waals surface area contributed by atoms with Gasteiger partial charge in [0, 0.05) is 11.2 Å². The summed E-state index contributed by atoms with van der Waals surface area (Å²) in [7, 11) is 0. The van der Waals surface area contributed by atoms with Gasteiger partial charge in [0.2, 0.25) is 0 Å². The first-order valence-corrected chi connectivity index (χ1v) is 13.4. The Morgan fingerprint density at radius 2 is 1.83 bits per heavy atom. The molecular weight excluding hydrogens is 420 g/mol. The minimum Gasteiger partial charge on any atom is -0.295 e. The number of rotatable bonds is 5. The highest BCUT2D eigenvalue weighted by Gasteiger charge is 2.61. The Bertz CT molecular complexity index is 653. The predicted octanol–water partition coefficient (Wildman–Crippen LogP) is 7.83. The second-order valence-electron chi connectivity index (χ2n) is 12.1. The van der Waals surface area contributed by atoms with E-state index in [1.54, 1.807) is 0 Å². The third-order valence-corrected chi connectivity index (χ3v) is 11.2. The lowest BCUT2D eigenvalue weighted by Gasteiger charge is -2.60. The van der Waals surface area contributed by atoms with Crippen molar-refractivity contribution in [2.75, 3.05) is 0 Å². The number of hydrogen-bond acceptors (Lipinski definition) is 1. The maximum atomic E-state index is 12.1. The van der Waals surface area contributed by atoms with Crippen molar-refractivity contribution >= 4 is 21.7 Å². The van der Waals surface area contributed by atoms with Gasteiger partial charge >= 0.3 is 0 Å². The minimum absolute atomic E-state index is 0.216. The zero-order chi connectivity index (χ0) is 21.0. The summed E-state index contributed by atoms with van der Waals surface area (Å²) < 4.78 is 0. The molecule has 4 aliphatic carbocycles. The third-order valence-electron chi connectivity index (χ3n) is 10.2. The van der Waals surface area contributed by atoms with Gasteiger partial charge in [-0.1, -0.05) is 75.9 Å². The number of fused-ring (bicyclic) bond motifs is 5. The Kier molecular flexibility index (Phi) is 6.17. The van der Waals surface area contributed by atoms with Crippen molar-refractivity contribution in [3.63, 3.8) is 0 Å². The van der Waals surface area contributed by atoms with E-state index in [9.17, 15) is 4.79 Å². The molecule has 29 heavy (non-hydrogen) atoms. The average Bonchev–Trinajstić information content (AvgIpc) is 3.00. The van der Waals surface area contributed by atoms with E-state index in [0.29, 0.717) is 21.9 Å². The van der Waals surface area contributed by atoms with E-state index in [2.05, 4.69) is 56.6 Å². The van der Waals surface area contributed by atoms with Gasteiger partial charge in [-0.05, 0) is 90.4 Å². The lowest BCUT2D eigenvalue weighted by atomic mass is 9.45. The largest absolute Gasteiger partial charge is 0.295 e. The van der Waals surface area contributed by atoms with Crippen LogP contribution in [0.5, 0.6) is 0 Å². The summed E-state index contributed by atoms with van der Waals surface area (Å²) in [4.78, 5) is 12.6. The van der Waals surface area contributed by atoms with Gasteiger partial charge < -0.3 is 0 Å². The van der Waals surface area contributed by atoms with Gasteiger partial charge in [-0.3, -0.25) is 4.79 Å². The minimum atomic E-state index is 0.216. The van der Waals surface area contributed by atoms with Crippen molar-refractivity contribution in [2.24, 2.45) is 52.3 Å². The highest BCUT2D eigenvalue weighted by Crippen LogP contribution is 2.68. The molecule has 3 fully saturated rings. The quantitative estimate of drug-likeness (QED) is 0.380. The van der Waals surface area contributed by atoms with Gasteiger partial charge in [0.1, 0.15) is 0 Å². The molecule has 0 amide bonds. The monoisotopic (exact) mass is 462 g/mol. The molecule has 0 aliphatic heterocycles. The summed E-state index contributed by atoms with van der Waals surface area (Å²) in [6.45, 7) is 12.4. The molecule has 4 rings (SSSR count). The van der Waals surface area contributed by atoms with E-state index in [0.717, 1.165) is 41.9 Å². The number of alkyl halides is 1. The predicted molar refractivity (Wildman–Crippen MR) is 126 cm³/mol. The summed E-state index contributed by atoms with van der Waals surface area (Å²) >= 11 is 4.08. The second kappa shape index (κ2) is 8.10. The van der Waals surface area contributed by atoms with E-state index in [1.165, 1.54) is 51.4 Å². The van der Waals surface area contributed by atoms with E-state index in [-0.39, 0.29) is 5.41 Å². The van der Waals surface area contributed by atoms with Crippen LogP contribution in [-0.4, -0.2) is 10.6 Å². The normalized spacial score (nSPS) is 47.6. The van der Waals surface area contributed by atoms with Crippen LogP contribution in [-0.2, 0) is 4.79 Å². The molecule has 0 N–H and O–H groups in total. The molecule has 0 spiro atoms. The Morgan fingerprint density at radius 3 is 2.55 bits per heavy atom. The summed E-state index contributed by atoms with van der Waals surface area (Å²) in [6.07, 6.45) is 16.2. The lowest BCUT2D eigenvalue weighted by Crippen LogP contribution is -2.55. The summed E-state index contributed by atoms with van der Waals surface area (Å²) in [6, 6.07) is 0. The number of hydrogen-bond donors (Lipinski definition) is 0. The number of halogens is 1. The Hall–Kier alpha value is -0.110. The molecule has 0 aromatic heterocycles. The fraction of sp³-hybridized carbons (Fsp3) is 0.889. The second-order valence-corrected chi connectivity index (χ2v) is 13.3. The molecule has 0 aromatic carbocycles. The smallest absolute Gasteiger partial charge is 0.155 e. The highest BCUT2D eigenvalue weighted by molar-refractivity contribution is 9.09. The van der Waals surface area contributed by atoms with Gasteiger partial charge in [0.15, 0.2) is 5.78 Å².